The van der Waals surface area contributed by atoms with E-state index in [1.54, 1.807) is 7.05 Å². The fourth-order valence-electron chi connectivity index (χ4n) is 2.09. The molecule has 0 radical (unpaired) electrons. The molecule has 19 heavy (non-hydrogen) atoms. The number of nitrogens with zero attached hydrogens (tertiary/aromatic N) is 4. The molecule has 2 heterocycles. The Labute approximate surface area is 119 Å². The second-order valence-electron chi connectivity index (χ2n) is 5.52. The quantitative estimate of drug-likeness (QED) is 0.810. The van der Waals surface area contributed by atoms with Gasteiger partial charge in [0.15, 0.2) is 0 Å². The summed E-state index contributed by atoms with van der Waals surface area (Å²) >= 11 is 6.00. The van der Waals surface area contributed by atoms with E-state index >= 15 is 0 Å². The van der Waals surface area contributed by atoms with E-state index in [4.69, 9.17) is 11.6 Å². The Balaban J connectivity index is 2.34. The lowest BCUT2D eigenvalue weighted by Crippen LogP contribution is -2.58. The number of halogens is 1. The van der Waals surface area contributed by atoms with Crippen molar-refractivity contribution in [2.24, 2.45) is 7.05 Å². The van der Waals surface area contributed by atoms with Gasteiger partial charge in [0.2, 0.25) is 5.03 Å². The summed E-state index contributed by atoms with van der Waals surface area (Å²) in [7, 11) is 0.0431. The lowest BCUT2D eigenvalue weighted by molar-refractivity contribution is 0.0800. The zero-order chi connectivity index (χ0) is 14.4. The maximum atomic E-state index is 12.6. The molecule has 1 aliphatic heterocycles. The molecule has 8 heteroatoms. The van der Waals surface area contributed by atoms with Gasteiger partial charge in [0.1, 0.15) is 5.15 Å². The van der Waals surface area contributed by atoms with Gasteiger partial charge in [0.05, 0.1) is 6.33 Å². The van der Waals surface area contributed by atoms with Gasteiger partial charge < -0.3 is 4.57 Å². The molecule has 0 atom stereocenters. The van der Waals surface area contributed by atoms with Gasteiger partial charge in [-0.3, -0.25) is 4.90 Å². The Hall–Kier alpha value is -0.630. The van der Waals surface area contributed by atoms with Crippen LogP contribution >= 0.6 is 11.6 Å². The molecule has 1 aromatic rings. The summed E-state index contributed by atoms with van der Waals surface area (Å²) in [4.78, 5) is 6.07. The molecule has 1 aromatic heterocycles. The molecule has 6 nitrogen and oxygen atoms in total. The maximum absolute atomic E-state index is 12.6. The van der Waals surface area contributed by atoms with Gasteiger partial charge in [0, 0.05) is 32.2 Å². The minimum atomic E-state index is -3.62. The normalized spacial score (nSPS) is 21.7. The molecule has 2 rings (SSSR count). The molecule has 0 bridgehead atoms. The largest absolute Gasteiger partial charge is 0.324 e. The van der Waals surface area contributed by atoms with Crippen molar-refractivity contribution >= 4 is 21.6 Å². The van der Waals surface area contributed by atoms with Crippen LogP contribution in [0.4, 0.5) is 0 Å². The second kappa shape index (κ2) is 4.73. The summed E-state index contributed by atoms with van der Waals surface area (Å²) in [6.07, 6.45) is 1.41. The molecule has 0 unspecified atom stereocenters. The monoisotopic (exact) mass is 306 g/mol. The molecule has 0 spiro atoms. The first-order chi connectivity index (χ1) is 8.66. The lowest BCUT2D eigenvalue weighted by atomic mass is 10.0. The van der Waals surface area contributed by atoms with E-state index in [0.29, 0.717) is 19.6 Å². The number of hydrogen-bond acceptors (Lipinski definition) is 4. The molecule has 0 saturated carbocycles. The Morgan fingerprint density at radius 2 is 1.95 bits per heavy atom. The highest BCUT2D eigenvalue weighted by Gasteiger charge is 2.39. The van der Waals surface area contributed by atoms with Gasteiger partial charge in [-0.25, -0.2) is 13.4 Å². The summed E-state index contributed by atoms with van der Waals surface area (Å²) in [6.45, 7) is 5.62. The fourth-order valence-corrected chi connectivity index (χ4v) is 4.06. The Bertz CT molecular complexity index is 582. The maximum Gasteiger partial charge on any atom is 0.263 e. The molecule has 1 fully saturated rings. The first-order valence-electron chi connectivity index (χ1n) is 6.04. The van der Waals surface area contributed by atoms with Crippen LogP contribution in [0, 0.1) is 0 Å². The van der Waals surface area contributed by atoms with Crippen LogP contribution in [0.2, 0.25) is 5.15 Å². The highest BCUT2D eigenvalue weighted by Crippen LogP contribution is 2.27. The number of aromatic nitrogens is 2. The molecule has 1 aliphatic rings. The van der Waals surface area contributed by atoms with Crippen LogP contribution in [-0.4, -0.2) is 59.4 Å². The summed E-state index contributed by atoms with van der Waals surface area (Å²) in [5.41, 5.74) is -0.202. The van der Waals surface area contributed by atoms with E-state index in [0.717, 1.165) is 0 Å². The molecule has 0 aromatic carbocycles. The number of imidazole rings is 1. The first kappa shape index (κ1) is 14.8. The zero-order valence-corrected chi connectivity index (χ0v) is 13.2. The van der Waals surface area contributed by atoms with Crippen LogP contribution in [0.15, 0.2) is 11.4 Å². The third kappa shape index (κ3) is 2.52. The first-order valence-corrected chi connectivity index (χ1v) is 7.86. The van der Waals surface area contributed by atoms with E-state index in [9.17, 15) is 8.42 Å². The molecule has 1 saturated heterocycles. The molecule has 108 valence electrons. The van der Waals surface area contributed by atoms with Crippen LogP contribution in [0.5, 0.6) is 0 Å². The van der Waals surface area contributed by atoms with Crippen LogP contribution in [0.25, 0.3) is 0 Å². The van der Waals surface area contributed by atoms with Gasteiger partial charge in [-0.15, -0.1) is 0 Å². The van der Waals surface area contributed by atoms with Crippen molar-refractivity contribution in [2.45, 2.75) is 24.4 Å². The molecule has 0 aliphatic carbocycles. The second-order valence-corrected chi connectivity index (χ2v) is 7.74. The number of hydrogen-bond donors (Lipinski definition) is 0. The van der Waals surface area contributed by atoms with Crippen molar-refractivity contribution in [1.82, 2.24) is 18.8 Å². The number of sulfonamides is 1. The van der Waals surface area contributed by atoms with Crippen molar-refractivity contribution in [3.8, 4) is 0 Å². The van der Waals surface area contributed by atoms with Crippen LogP contribution in [0.3, 0.4) is 0 Å². The third-order valence-corrected chi connectivity index (χ3v) is 6.04. The number of likely N-dealkylation sites (N-methyl/N-ethyl adjacent to an activating group) is 1. The summed E-state index contributed by atoms with van der Waals surface area (Å²) in [5, 5.41) is 0.0914. The number of piperazine rings is 1. The van der Waals surface area contributed by atoms with Gasteiger partial charge in [-0.05, 0) is 20.9 Å². The van der Waals surface area contributed by atoms with E-state index < -0.39 is 10.0 Å². The average Bonchev–Trinajstić information content (AvgIpc) is 2.64. The van der Waals surface area contributed by atoms with Gasteiger partial charge in [-0.2, -0.15) is 4.31 Å². The Kier molecular flexibility index (Phi) is 3.68. The highest BCUT2D eigenvalue weighted by atomic mass is 35.5. The Morgan fingerprint density at radius 3 is 2.42 bits per heavy atom. The highest BCUT2D eigenvalue weighted by molar-refractivity contribution is 7.89. The van der Waals surface area contributed by atoms with Crippen molar-refractivity contribution in [3.05, 3.63) is 11.5 Å². The summed E-state index contributed by atoms with van der Waals surface area (Å²) < 4.78 is 28.1. The minimum absolute atomic E-state index is 0.0583. The van der Waals surface area contributed by atoms with Crippen LogP contribution in [0.1, 0.15) is 13.8 Å². The average molecular weight is 307 g/mol. The number of rotatable bonds is 2. The molecular weight excluding hydrogens is 288 g/mol. The van der Waals surface area contributed by atoms with Crippen molar-refractivity contribution < 1.29 is 8.42 Å². The van der Waals surface area contributed by atoms with Crippen LogP contribution < -0.4 is 0 Å². The summed E-state index contributed by atoms with van der Waals surface area (Å²) in [5.74, 6) is 0. The minimum Gasteiger partial charge on any atom is -0.324 e. The van der Waals surface area contributed by atoms with E-state index in [2.05, 4.69) is 9.88 Å². The van der Waals surface area contributed by atoms with Gasteiger partial charge >= 0.3 is 0 Å². The predicted octanol–water partition coefficient (Wildman–Crippen LogP) is 0.788. The number of aryl methyl sites for hydroxylation is 1. The van der Waals surface area contributed by atoms with E-state index in [1.807, 2.05) is 20.9 Å². The van der Waals surface area contributed by atoms with Crippen molar-refractivity contribution in [3.63, 3.8) is 0 Å². The van der Waals surface area contributed by atoms with Gasteiger partial charge in [0.25, 0.3) is 10.0 Å². The third-order valence-electron chi connectivity index (χ3n) is 3.70. The van der Waals surface area contributed by atoms with Crippen molar-refractivity contribution in [1.29, 1.82) is 0 Å². The predicted molar refractivity (Wildman–Crippen MR) is 73.7 cm³/mol. The topological polar surface area (TPSA) is 58.4 Å². The van der Waals surface area contributed by atoms with E-state index in [-0.39, 0.29) is 15.7 Å². The summed E-state index contributed by atoms with van der Waals surface area (Å²) in [6, 6.07) is 0. The van der Waals surface area contributed by atoms with E-state index in [1.165, 1.54) is 15.2 Å². The standard InChI is InChI=1S/C11H19ClN4O2S/c1-11(2)7-16(6-5-15(11)4)19(17,18)10-9(12)14(3)8-13-10/h8H,5-7H2,1-4H3. The molecule has 0 N–H and O–H groups in total. The zero-order valence-electron chi connectivity index (χ0n) is 11.6. The lowest BCUT2D eigenvalue weighted by Gasteiger charge is -2.44. The van der Waals surface area contributed by atoms with Gasteiger partial charge in [-0.1, -0.05) is 11.6 Å². The van der Waals surface area contributed by atoms with Crippen LogP contribution in [-0.2, 0) is 17.1 Å². The smallest absolute Gasteiger partial charge is 0.263 e. The Morgan fingerprint density at radius 1 is 1.32 bits per heavy atom. The molecule has 0 amide bonds. The molecular formula is C11H19ClN4O2S. The fraction of sp³-hybridized carbons (Fsp3) is 0.727. The van der Waals surface area contributed by atoms with Crippen molar-refractivity contribution in [2.75, 3.05) is 26.7 Å². The SMILES string of the molecule is CN1CCN(S(=O)(=O)c2ncn(C)c2Cl)CC1(C)C.